The van der Waals surface area contributed by atoms with Gasteiger partial charge in [0.05, 0.1) is 6.04 Å². The summed E-state index contributed by atoms with van der Waals surface area (Å²) in [5.41, 5.74) is 2.38. The first kappa shape index (κ1) is 14.1. The molecule has 0 aliphatic carbocycles. The van der Waals surface area contributed by atoms with Crippen LogP contribution in [0.15, 0.2) is 24.3 Å². The van der Waals surface area contributed by atoms with Crippen molar-refractivity contribution in [2.24, 2.45) is 0 Å². The first-order valence-corrected chi connectivity index (χ1v) is 7.28. The van der Waals surface area contributed by atoms with E-state index in [-0.39, 0.29) is 11.9 Å². The Labute approximate surface area is 116 Å². The van der Waals surface area contributed by atoms with E-state index in [1.165, 1.54) is 5.56 Å². The number of nitrogens with zero attached hydrogens (tertiary/aromatic N) is 1. The third-order valence-electron chi connectivity index (χ3n) is 3.54. The second-order valence-electron chi connectivity index (χ2n) is 5.53. The van der Waals surface area contributed by atoms with E-state index in [1.54, 1.807) is 0 Å². The van der Waals surface area contributed by atoms with Gasteiger partial charge in [-0.3, -0.25) is 4.79 Å². The van der Waals surface area contributed by atoms with Gasteiger partial charge in [-0.15, -0.1) is 0 Å². The van der Waals surface area contributed by atoms with Crippen LogP contribution in [0.1, 0.15) is 39.2 Å². The fourth-order valence-corrected chi connectivity index (χ4v) is 2.73. The lowest BCUT2D eigenvalue weighted by molar-refractivity contribution is -0.118. The Hall–Kier alpha value is -1.35. The predicted molar refractivity (Wildman–Crippen MR) is 79.5 cm³/mol. The van der Waals surface area contributed by atoms with Gasteiger partial charge in [0.2, 0.25) is 5.91 Å². The van der Waals surface area contributed by atoms with E-state index in [0.29, 0.717) is 6.04 Å². The highest BCUT2D eigenvalue weighted by atomic mass is 16.2. The van der Waals surface area contributed by atoms with Crippen LogP contribution in [-0.2, 0) is 11.2 Å². The van der Waals surface area contributed by atoms with Gasteiger partial charge >= 0.3 is 0 Å². The number of anilines is 1. The van der Waals surface area contributed by atoms with Crippen molar-refractivity contribution in [2.45, 2.75) is 52.1 Å². The van der Waals surface area contributed by atoms with E-state index in [0.717, 1.165) is 31.5 Å². The van der Waals surface area contributed by atoms with Crippen LogP contribution in [0.2, 0.25) is 0 Å². The molecule has 1 aromatic carbocycles. The lowest BCUT2D eigenvalue weighted by Crippen LogP contribution is -2.41. The zero-order chi connectivity index (χ0) is 13.8. The van der Waals surface area contributed by atoms with Crippen molar-refractivity contribution in [3.05, 3.63) is 29.8 Å². The summed E-state index contributed by atoms with van der Waals surface area (Å²) in [4.78, 5) is 14.4. The number of nitrogens with one attached hydrogen (secondary N) is 1. The molecule has 104 valence electrons. The van der Waals surface area contributed by atoms with Crippen LogP contribution in [-0.4, -0.2) is 24.5 Å². The monoisotopic (exact) mass is 260 g/mol. The summed E-state index contributed by atoms with van der Waals surface area (Å²) in [5, 5.41) is 3.35. The quantitative estimate of drug-likeness (QED) is 0.883. The molecule has 1 aliphatic rings. The normalized spacial score (nSPS) is 19.5. The second kappa shape index (κ2) is 6.20. The number of rotatable bonds is 5. The van der Waals surface area contributed by atoms with E-state index < -0.39 is 0 Å². The van der Waals surface area contributed by atoms with Gasteiger partial charge < -0.3 is 10.2 Å². The topological polar surface area (TPSA) is 32.3 Å². The molecule has 0 radical (unpaired) electrons. The Balaban J connectivity index is 2.17. The predicted octanol–water partition coefficient (Wildman–Crippen LogP) is 2.74. The summed E-state index contributed by atoms with van der Waals surface area (Å²) in [5.74, 6) is 0.220. The minimum Gasteiger partial charge on any atom is -0.311 e. The van der Waals surface area contributed by atoms with Gasteiger partial charge in [0.1, 0.15) is 0 Å². The van der Waals surface area contributed by atoms with Crippen LogP contribution in [0.3, 0.4) is 0 Å². The Morgan fingerprint density at radius 2 is 2.11 bits per heavy atom. The van der Waals surface area contributed by atoms with Crippen LogP contribution in [0.5, 0.6) is 0 Å². The number of carbonyl (C=O) groups is 1. The van der Waals surface area contributed by atoms with Crippen molar-refractivity contribution in [3.63, 3.8) is 0 Å². The van der Waals surface area contributed by atoms with Gasteiger partial charge in [-0.1, -0.05) is 45.4 Å². The Kier molecular flexibility index (Phi) is 4.59. The summed E-state index contributed by atoms with van der Waals surface area (Å²) < 4.78 is 0. The summed E-state index contributed by atoms with van der Waals surface area (Å²) in [6.07, 6.45) is 3.03. The number of para-hydroxylation sites is 1. The smallest absolute Gasteiger partial charge is 0.244 e. The minimum absolute atomic E-state index is 0.0188. The molecule has 3 nitrogen and oxygen atoms in total. The third kappa shape index (κ3) is 3.16. The number of hydrogen-bond donors (Lipinski definition) is 1. The van der Waals surface area contributed by atoms with Crippen molar-refractivity contribution in [2.75, 3.05) is 11.4 Å². The molecule has 1 saturated heterocycles. The molecule has 1 fully saturated rings. The Morgan fingerprint density at radius 3 is 2.79 bits per heavy atom. The van der Waals surface area contributed by atoms with Gasteiger partial charge in [-0.25, -0.2) is 0 Å². The fourth-order valence-electron chi connectivity index (χ4n) is 2.73. The van der Waals surface area contributed by atoms with Crippen molar-refractivity contribution < 1.29 is 4.79 Å². The summed E-state index contributed by atoms with van der Waals surface area (Å²) in [7, 11) is 0. The molecule has 0 saturated carbocycles. The largest absolute Gasteiger partial charge is 0.311 e. The molecule has 0 bridgehead atoms. The molecule has 1 atom stereocenters. The molecular weight excluding hydrogens is 236 g/mol. The van der Waals surface area contributed by atoms with E-state index >= 15 is 0 Å². The van der Waals surface area contributed by atoms with Crippen LogP contribution in [0.25, 0.3) is 0 Å². The van der Waals surface area contributed by atoms with Gasteiger partial charge in [0, 0.05) is 18.3 Å². The van der Waals surface area contributed by atoms with Gasteiger partial charge in [0.15, 0.2) is 0 Å². The molecule has 1 amide bonds. The lowest BCUT2D eigenvalue weighted by atomic mass is 10.1. The Bertz CT molecular complexity index is 442. The minimum atomic E-state index is -0.0188. The molecule has 0 aromatic heterocycles. The summed E-state index contributed by atoms with van der Waals surface area (Å²) in [6.45, 7) is 7.16. The maximum Gasteiger partial charge on any atom is 0.244 e. The Morgan fingerprint density at radius 1 is 1.37 bits per heavy atom. The highest BCUT2D eigenvalue weighted by Gasteiger charge is 2.33. The van der Waals surface area contributed by atoms with E-state index in [4.69, 9.17) is 0 Å². The van der Waals surface area contributed by atoms with Crippen LogP contribution >= 0.6 is 0 Å². The van der Waals surface area contributed by atoms with Crippen molar-refractivity contribution in [1.82, 2.24) is 5.32 Å². The molecule has 0 spiro atoms. The first-order valence-electron chi connectivity index (χ1n) is 7.28. The van der Waals surface area contributed by atoms with E-state index in [9.17, 15) is 4.79 Å². The number of amides is 1. The van der Waals surface area contributed by atoms with Crippen molar-refractivity contribution in [1.29, 1.82) is 0 Å². The zero-order valence-corrected chi connectivity index (χ0v) is 12.1. The summed E-state index contributed by atoms with van der Waals surface area (Å²) >= 11 is 0. The first-order chi connectivity index (χ1) is 9.13. The number of hydrogen-bond acceptors (Lipinski definition) is 2. The van der Waals surface area contributed by atoms with Crippen molar-refractivity contribution in [3.8, 4) is 0 Å². The molecular formula is C16H24N2O. The number of benzene rings is 1. The lowest BCUT2D eigenvalue weighted by Gasteiger charge is -2.21. The maximum absolute atomic E-state index is 12.5. The number of aryl methyl sites for hydroxylation is 1. The molecule has 1 aliphatic heterocycles. The fraction of sp³-hybridized carbons (Fsp3) is 0.562. The number of carbonyl (C=O) groups excluding carboxylic acids is 1. The average molecular weight is 260 g/mol. The van der Waals surface area contributed by atoms with Gasteiger partial charge in [-0.2, -0.15) is 0 Å². The van der Waals surface area contributed by atoms with Gasteiger partial charge in [-0.05, 0) is 24.5 Å². The third-order valence-corrected chi connectivity index (χ3v) is 3.54. The molecule has 19 heavy (non-hydrogen) atoms. The SMILES string of the molecule is CCCc1ccccc1N1CCC(NC(C)C)C1=O. The average Bonchev–Trinajstić information content (AvgIpc) is 2.72. The second-order valence-corrected chi connectivity index (χ2v) is 5.53. The van der Waals surface area contributed by atoms with E-state index in [1.807, 2.05) is 11.0 Å². The molecule has 3 heteroatoms. The molecule has 1 heterocycles. The molecule has 1 unspecified atom stereocenters. The maximum atomic E-state index is 12.5. The van der Waals surface area contributed by atoms with Crippen molar-refractivity contribution >= 4 is 11.6 Å². The molecule has 1 aromatic rings. The standard InChI is InChI=1S/C16H24N2O/c1-4-7-13-8-5-6-9-15(13)18-11-10-14(16(18)19)17-12(2)3/h5-6,8-9,12,14,17H,4,7,10-11H2,1-3H3. The molecule has 2 rings (SSSR count). The van der Waals surface area contributed by atoms with E-state index in [2.05, 4.69) is 44.3 Å². The van der Waals surface area contributed by atoms with Crippen LogP contribution in [0.4, 0.5) is 5.69 Å². The van der Waals surface area contributed by atoms with Crippen LogP contribution in [0, 0.1) is 0 Å². The zero-order valence-electron chi connectivity index (χ0n) is 12.1. The van der Waals surface area contributed by atoms with Crippen LogP contribution < -0.4 is 10.2 Å². The summed E-state index contributed by atoms with van der Waals surface area (Å²) in [6, 6.07) is 8.61. The highest BCUT2D eigenvalue weighted by molar-refractivity contribution is 6.00. The van der Waals surface area contributed by atoms with Gasteiger partial charge in [0.25, 0.3) is 0 Å². The highest BCUT2D eigenvalue weighted by Crippen LogP contribution is 2.26. The molecule has 1 N–H and O–H groups in total.